The molecule has 5 nitrogen and oxygen atoms in total. The number of nitrogens with zero attached hydrogens (tertiary/aromatic N) is 3. The quantitative estimate of drug-likeness (QED) is 0.822. The Bertz CT molecular complexity index is 545. The van der Waals surface area contributed by atoms with E-state index in [0.717, 1.165) is 12.1 Å². The number of hydrogen-bond acceptors (Lipinski definition) is 4. The summed E-state index contributed by atoms with van der Waals surface area (Å²) in [6.45, 7) is 5.01. The topological polar surface area (TPSA) is 66.0 Å². The minimum atomic E-state index is -0.483. The molecule has 0 radical (unpaired) electrons. The van der Waals surface area contributed by atoms with E-state index in [4.69, 9.17) is 10.5 Å². The summed E-state index contributed by atoms with van der Waals surface area (Å²) in [6.07, 6.45) is 2.63. The lowest BCUT2D eigenvalue weighted by molar-refractivity contribution is 0.297. The van der Waals surface area contributed by atoms with Crippen LogP contribution in [0.15, 0.2) is 30.5 Å². The normalized spacial score (nSPS) is 11.6. The van der Waals surface area contributed by atoms with E-state index in [1.54, 1.807) is 16.8 Å². The molecule has 108 valence electrons. The van der Waals surface area contributed by atoms with Crippen molar-refractivity contribution >= 4 is 0 Å². The fraction of sp³-hybridized carbons (Fsp3) is 0.429. The van der Waals surface area contributed by atoms with Crippen LogP contribution >= 0.6 is 0 Å². The molecule has 2 rings (SSSR count). The van der Waals surface area contributed by atoms with Gasteiger partial charge in [-0.2, -0.15) is 0 Å². The number of ether oxygens (including phenoxy) is 1. The Morgan fingerprint density at radius 2 is 2.00 bits per heavy atom. The molecule has 1 heterocycles. The first-order valence-electron chi connectivity index (χ1n) is 6.53. The third-order valence-electron chi connectivity index (χ3n) is 2.81. The molecule has 1 aromatic carbocycles. The van der Waals surface area contributed by atoms with Gasteiger partial charge in [-0.3, -0.25) is 4.68 Å². The SMILES string of the molecule is CC(C)(N)c1cn(CCCOc2ccc(F)cc2)nn1. The van der Waals surface area contributed by atoms with Gasteiger partial charge < -0.3 is 10.5 Å². The second-order valence-corrected chi connectivity index (χ2v) is 5.24. The third kappa shape index (κ3) is 4.03. The van der Waals surface area contributed by atoms with E-state index in [1.807, 2.05) is 20.0 Å². The van der Waals surface area contributed by atoms with Gasteiger partial charge in [0.05, 0.1) is 18.3 Å². The molecular weight excluding hydrogens is 259 g/mol. The fourth-order valence-corrected chi connectivity index (χ4v) is 1.65. The van der Waals surface area contributed by atoms with Gasteiger partial charge in [0.25, 0.3) is 0 Å². The molecule has 0 bridgehead atoms. The van der Waals surface area contributed by atoms with E-state index in [1.165, 1.54) is 12.1 Å². The maximum absolute atomic E-state index is 12.7. The van der Waals surface area contributed by atoms with Crippen LogP contribution in [0.2, 0.25) is 0 Å². The number of aromatic nitrogens is 3. The van der Waals surface area contributed by atoms with Crippen LogP contribution in [0.5, 0.6) is 5.75 Å². The summed E-state index contributed by atoms with van der Waals surface area (Å²) in [5.41, 5.74) is 6.22. The fourth-order valence-electron chi connectivity index (χ4n) is 1.65. The van der Waals surface area contributed by atoms with Crippen molar-refractivity contribution in [3.8, 4) is 5.75 Å². The van der Waals surface area contributed by atoms with Crippen LogP contribution < -0.4 is 10.5 Å². The lowest BCUT2D eigenvalue weighted by Crippen LogP contribution is -2.29. The van der Waals surface area contributed by atoms with Crippen molar-refractivity contribution in [2.24, 2.45) is 5.73 Å². The zero-order valence-electron chi connectivity index (χ0n) is 11.7. The van der Waals surface area contributed by atoms with Crippen LogP contribution in [0.4, 0.5) is 4.39 Å². The van der Waals surface area contributed by atoms with Crippen LogP contribution in [-0.4, -0.2) is 21.6 Å². The summed E-state index contributed by atoms with van der Waals surface area (Å²) in [4.78, 5) is 0. The molecule has 0 aliphatic heterocycles. The summed E-state index contributed by atoms with van der Waals surface area (Å²) in [5, 5.41) is 8.06. The second-order valence-electron chi connectivity index (χ2n) is 5.24. The second kappa shape index (κ2) is 6.00. The van der Waals surface area contributed by atoms with Crippen molar-refractivity contribution in [3.05, 3.63) is 42.0 Å². The summed E-state index contributed by atoms with van der Waals surface area (Å²) < 4.78 is 20.0. The zero-order chi connectivity index (χ0) is 14.6. The Labute approximate surface area is 117 Å². The van der Waals surface area contributed by atoms with E-state index in [9.17, 15) is 4.39 Å². The van der Waals surface area contributed by atoms with Gasteiger partial charge in [0.15, 0.2) is 0 Å². The van der Waals surface area contributed by atoms with Gasteiger partial charge in [-0.05, 0) is 38.1 Å². The van der Waals surface area contributed by atoms with Crippen LogP contribution in [0, 0.1) is 5.82 Å². The molecule has 6 heteroatoms. The van der Waals surface area contributed by atoms with E-state index in [2.05, 4.69) is 10.3 Å². The van der Waals surface area contributed by atoms with Crippen LogP contribution in [0.25, 0.3) is 0 Å². The van der Waals surface area contributed by atoms with Gasteiger partial charge in [0.1, 0.15) is 17.3 Å². The molecule has 2 N–H and O–H groups in total. The maximum atomic E-state index is 12.7. The molecule has 0 unspecified atom stereocenters. The number of aryl methyl sites for hydroxylation is 1. The largest absolute Gasteiger partial charge is 0.494 e. The average molecular weight is 278 g/mol. The molecular formula is C14H19FN4O. The van der Waals surface area contributed by atoms with Gasteiger partial charge in [-0.25, -0.2) is 4.39 Å². The molecule has 0 aliphatic rings. The highest BCUT2D eigenvalue weighted by Gasteiger charge is 2.17. The summed E-state index contributed by atoms with van der Waals surface area (Å²) in [6, 6.07) is 5.98. The van der Waals surface area contributed by atoms with Gasteiger partial charge in [-0.15, -0.1) is 5.10 Å². The lowest BCUT2D eigenvalue weighted by Gasteiger charge is -2.13. The van der Waals surface area contributed by atoms with Crippen molar-refractivity contribution in [3.63, 3.8) is 0 Å². The van der Waals surface area contributed by atoms with E-state index in [-0.39, 0.29) is 5.82 Å². The standard InChI is InChI=1S/C14H19FN4O/c1-14(2,16)13-10-19(18-17-13)8-3-9-20-12-6-4-11(15)5-7-12/h4-7,10H,3,8-9,16H2,1-2H3. The number of benzene rings is 1. The Balaban J connectivity index is 1.76. The highest BCUT2D eigenvalue weighted by molar-refractivity contribution is 5.21. The maximum Gasteiger partial charge on any atom is 0.123 e. The van der Waals surface area contributed by atoms with E-state index >= 15 is 0 Å². The lowest BCUT2D eigenvalue weighted by atomic mass is 10.0. The van der Waals surface area contributed by atoms with Crippen molar-refractivity contribution in [2.75, 3.05) is 6.61 Å². The van der Waals surface area contributed by atoms with Gasteiger partial charge >= 0.3 is 0 Å². The number of hydrogen-bond donors (Lipinski definition) is 1. The van der Waals surface area contributed by atoms with E-state index in [0.29, 0.717) is 18.9 Å². The van der Waals surface area contributed by atoms with Crippen molar-refractivity contribution in [1.29, 1.82) is 0 Å². The Morgan fingerprint density at radius 1 is 1.30 bits per heavy atom. The molecule has 1 aromatic heterocycles. The molecule has 0 fully saturated rings. The number of nitrogens with two attached hydrogens (primary N) is 1. The summed E-state index contributed by atoms with van der Waals surface area (Å²) in [5.74, 6) is 0.394. The molecule has 0 saturated carbocycles. The van der Waals surface area contributed by atoms with Gasteiger partial charge in [-0.1, -0.05) is 5.21 Å². The van der Waals surface area contributed by atoms with Gasteiger partial charge in [0, 0.05) is 13.0 Å². The van der Waals surface area contributed by atoms with Crippen LogP contribution in [0.3, 0.4) is 0 Å². The van der Waals surface area contributed by atoms with Gasteiger partial charge in [0.2, 0.25) is 0 Å². The number of rotatable bonds is 6. The zero-order valence-corrected chi connectivity index (χ0v) is 11.7. The van der Waals surface area contributed by atoms with Crippen LogP contribution in [-0.2, 0) is 12.1 Å². The molecule has 20 heavy (non-hydrogen) atoms. The monoisotopic (exact) mass is 278 g/mol. The first kappa shape index (κ1) is 14.5. The van der Waals surface area contributed by atoms with Crippen molar-refractivity contribution < 1.29 is 9.13 Å². The smallest absolute Gasteiger partial charge is 0.123 e. The van der Waals surface area contributed by atoms with Crippen molar-refractivity contribution in [1.82, 2.24) is 15.0 Å². The highest BCUT2D eigenvalue weighted by atomic mass is 19.1. The molecule has 0 atom stereocenters. The van der Waals surface area contributed by atoms with E-state index < -0.39 is 5.54 Å². The van der Waals surface area contributed by atoms with Crippen molar-refractivity contribution in [2.45, 2.75) is 32.4 Å². The molecule has 0 amide bonds. The minimum absolute atomic E-state index is 0.267. The summed E-state index contributed by atoms with van der Waals surface area (Å²) >= 11 is 0. The molecule has 0 aliphatic carbocycles. The molecule has 0 spiro atoms. The predicted octanol–water partition coefficient (Wildman–Crippen LogP) is 2.08. The molecule has 0 saturated heterocycles. The first-order valence-corrected chi connectivity index (χ1v) is 6.53. The van der Waals surface area contributed by atoms with Crippen LogP contribution in [0.1, 0.15) is 26.0 Å². The highest BCUT2D eigenvalue weighted by Crippen LogP contribution is 2.13. The average Bonchev–Trinajstić information content (AvgIpc) is 2.85. The Morgan fingerprint density at radius 3 is 2.60 bits per heavy atom. The Kier molecular flexibility index (Phi) is 4.34. The third-order valence-corrected chi connectivity index (χ3v) is 2.81. The minimum Gasteiger partial charge on any atom is -0.494 e. The predicted molar refractivity (Wildman–Crippen MR) is 73.7 cm³/mol. The number of halogens is 1. The molecule has 2 aromatic rings. The first-order chi connectivity index (χ1) is 9.45. The summed E-state index contributed by atoms with van der Waals surface area (Å²) in [7, 11) is 0. The Hall–Kier alpha value is -1.95.